The third-order valence-corrected chi connectivity index (χ3v) is 5.50. The molecule has 0 aliphatic heterocycles. The van der Waals surface area contributed by atoms with Gasteiger partial charge in [0, 0.05) is 15.5 Å². The normalized spacial score (nSPS) is 15.7. The van der Waals surface area contributed by atoms with Gasteiger partial charge in [0.25, 0.3) is 0 Å². The van der Waals surface area contributed by atoms with Gasteiger partial charge in [-0.2, -0.15) is 0 Å². The van der Waals surface area contributed by atoms with E-state index in [0.717, 1.165) is 35.7 Å². The first-order valence-corrected chi connectivity index (χ1v) is 9.31. The molecular weight excluding hydrogens is 361 g/mol. The first-order valence-electron chi connectivity index (χ1n) is 7.95. The number of fused-ring (bicyclic) bond motifs is 1. The van der Waals surface area contributed by atoms with Crippen LogP contribution in [-0.2, 0) is 11.2 Å². The molecule has 3 nitrogen and oxygen atoms in total. The Balaban J connectivity index is 1.59. The van der Waals surface area contributed by atoms with Crippen molar-refractivity contribution in [2.75, 3.05) is 5.75 Å². The highest BCUT2D eigenvalue weighted by atomic mass is 35.5. The van der Waals surface area contributed by atoms with Gasteiger partial charge in [-0.1, -0.05) is 23.7 Å². The van der Waals surface area contributed by atoms with E-state index in [-0.39, 0.29) is 23.5 Å². The van der Waals surface area contributed by atoms with Gasteiger partial charge in [-0.25, -0.2) is 4.39 Å². The summed E-state index contributed by atoms with van der Waals surface area (Å²) in [4.78, 5) is 23.8. The molecule has 6 heteroatoms. The Bertz CT molecular complexity index is 840. The number of hydrogen-bond donors (Lipinski definition) is 1. The second kappa shape index (κ2) is 7.58. The molecule has 2 aromatic carbocycles. The maximum Gasteiger partial charge on any atom is 0.230 e. The van der Waals surface area contributed by atoms with E-state index in [1.807, 2.05) is 18.2 Å². The molecule has 0 saturated heterocycles. The number of Topliss-reactive ketones (excluding diaryl/α,β-unsaturated/α-hetero) is 1. The van der Waals surface area contributed by atoms with Crippen LogP contribution in [0.3, 0.4) is 0 Å². The Morgan fingerprint density at radius 3 is 2.80 bits per heavy atom. The molecule has 0 bridgehead atoms. The minimum absolute atomic E-state index is 0.0229. The SMILES string of the molecule is CC(=O)c1ccc(SCC(=O)NC2CCc3cc(Cl)ccc32)c(F)c1. The number of rotatable bonds is 5. The Hall–Kier alpha value is -1.85. The summed E-state index contributed by atoms with van der Waals surface area (Å²) in [7, 11) is 0. The van der Waals surface area contributed by atoms with Crippen LogP contribution in [0.1, 0.15) is 40.9 Å². The van der Waals surface area contributed by atoms with E-state index >= 15 is 0 Å². The maximum atomic E-state index is 14.0. The van der Waals surface area contributed by atoms with Crippen LogP contribution in [0.15, 0.2) is 41.3 Å². The van der Waals surface area contributed by atoms with Crippen molar-refractivity contribution in [3.63, 3.8) is 0 Å². The second-order valence-corrected chi connectivity index (χ2v) is 7.45. The minimum Gasteiger partial charge on any atom is -0.349 e. The lowest BCUT2D eigenvalue weighted by Gasteiger charge is -2.14. The lowest BCUT2D eigenvalue weighted by atomic mass is 10.1. The van der Waals surface area contributed by atoms with Crippen molar-refractivity contribution in [1.82, 2.24) is 5.32 Å². The number of nitrogens with one attached hydrogen (secondary N) is 1. The Morgan fingerprint density at radius 1 is 1.28 bits per heavy atom. The molecule has 1 N–H and O–H groups in total. The molecule has 0 fully saturated rings. The molecule has 130 valence electrons. The highest BCUT2D eigenvalue weighted by Gasteiger charge is 2.24. The molecule has 1 atom stereocenters. The number of carbonyl (C=O) groups excluding carboxylic acids is 2. The number of halogens is 2. The second-order valence-electron chi connectivity index (χ2n) is 5.99. The molecule has 0 saturated carbocycles. The Kier molecular flexibility index (Phi) is 5.45. The van der Waals surface area contributed by atoms with Gasteiger partial charge in [0.15, 0.2) is 5.78 Å². The Morgan fingerprint density at radius 2 is 2.08 bits per heavy atom. The van der Waals surface area contributed by atoms with E-state index < -0.39 is 5.82 Å². The van der Waals surface area contributed by atoms with Gasteiger partial charge in [-0.15, -0.1) is 11.8 Å². The largest absolute Gasteiger partial charge is 0.349 e. The molecule has 0 heterocycles. The summed E-state index contributed by atoms with van der Waals surface area (Å²) in [6, 6.07) is 10.0. The molecule has 1 unspecified atom stereocenters. The van der Waals surface area contributed by atoms with E-state index in [2.05, 4.69) is 5.32 Å². The molecule has 3 rings (SSSR count). The summed E-state index contributed by atoms with van der Waals surface area (Å²) >= 11 is 7.12. The van der Waals surface area contributed by atoms with Gasteiger partial charge in [0.2, 0.25) is 5.91 Å². The van der Waals surface area contributed by atoms with Crippen molar-refractivity contribution in [2.24, 2.45) is 0 Å². The predicted molar refractivity (Wildman–Crippen MR) is 97.8 cm³/mol. The summed E-state index contributed by atoms with van der Waals surface area (Å²) in [5.41, 5.74) is 2.59. The number of benzene rings is 2. The molecule has 1 amide bonds. The van der Waals surface area contributed by atoms with Crippen molar-refractivity contribution in [3.8, 4) is 0 Å². The highest BCUT2D eigenvalue weighted by Crippen LogP contribution is 2.33. The van der Waals surface area contributed by atoms with Crippen LogP contribution in [0.25, 0.3) is 0 Å². The molecule has 2 aromatic rings. The van der Waals surface area contributed by atoms with Gasteiger partial charge in [-0.05, 0) is 55.2 Å². The van der Waals surface area contributed by atoms with Crippen LogP contribution < -0.4 is 5.32 Å². The van der Waals surface area contributed by atoms with Gasteiger partial charge in [-0.3, -0.25) is 9.59 Å². The fourth-order valence-electron chi connectivity index (χ4n) is 2.95. The van der Waals surface area contributed by atoms with Crippen molar-refractivity contribution in [1.29, 1.82) is 0 Å². The fourth-order valence-corrected chi connectivity index (χ4v) is 3.88. The van der Waals surface area contributed by atoms with E-state index in [9.17, 15) is 14.0 Å². The number of carbonyl (C=O) groups is 2. The smallest absolute Gasteiger partial charge is 0.230 e. The molecule has 0 aromatic heterocycles. The third kappa shape index (κ3) is 4.22. The highest BCUT2D eigenvalue weighted by molar-refractivity contribution is 8.00. The molecule has 0 spiro atoms. The average Bonchev–Trinajstić information content (AvgIpc) is 2.95. The predicted octanol–water partition coefficient (Wildman–Crippen LogP) is 4.58. The molecule has 0 radical (unpaired) electrons. The van der Waals surface area contributed by atoms with E-state index in [1.165, 1.54) is 19.1 Å². The minimum atomic E-state index is -0.480. The summed E-state index contributed by atoms with van der Waals surface area (Å²) in [6.45, 7) is 1.39. The standard InChI is InChI=1S/C19H17ClFNO2S/c1-11(23)12-3-7-18(16(21)9-12)25-10-19(24)22-17-6-2-13-8-14(20)4-5-15(13)17/h3-5,7-9,17H,2,6,10H2,1H3,(H,22,24). The average molecular weight is 378 g/mol. The Labute approximate surface area is 155 Å². The number of thioether (sulfide) groups is 1. The van der Waals surface area contributed by atoms with Crippen LogP contribution in [-0.4, -0.2) is 17.4 Å². The summed E-state index contributed by atoms with van der Waals surface area (Å²) in [5.74, 6) is -0.692. The van der Waals surface area contributed by atoms with Crippen molar-refractivity contribution < 1.29 is 14.0 Å². The molecule has 25 heavy (non-hydrogen) atoms. The number of aryl methyl sites for hydroxylation is 1. The summed E-state index contributed by atoms with van der Waals surface area (Å²) < 4.78 is 14.0. The number of amides is 1. The molecule has 1 aliphatic rings. The quantitative estimate of drug-likeness (QED) is 0.613. The van der Waals surface area contributed by atoms with Crippen molar-refractivity contribution in [3.05, 3.63) is 63.9 Å². The zero-order valence-corrected chi connectivity index (χ0v) is 15.2. The van der Waals surface area contributed by atoms with E-state index in [4.69, 9.17) is 11.6 Å². The first-order chi connectivity index (χ1) is 11.9. The number of ketones is 1. The third-order valence-electron chi connectivity index (χ3n) is 4.22. The van der Waals surface area contributed by atoms with Gasteiger partial charge in [0.05, 0.1) is 11.8 Å². The van der Waals surface area contributed by atoms with Gasteiger partial charge >= 0.3 is 0 Å². The van der Waals surface area contributed by atoms with Crippen molar-refractivity contribution >= 4 is 35.1 Å². The van der Waals surface area contributed by atoms with Crippen LogP contribution >= 0.6 is 23.4 Å². The first kappa shape index (κ1) is 18.0. The van der Waals surface area contributed by atoms with Crippen LogP contribution in [0, 0.1) is 5.82 Å². The van der Waals surface area contributed by atoms with Crippen LogP contribution in [0.2, 0.25) is 5.02 Å². The summed E-state index contributed by atoms with van der Waals surface area (Å²) in [5, 5.41) is 3.69. The number of hydrogen-bond acceptors (Lipinski definition) is 3. The van der Waals surface area contributed by atoms with E-state index in [1.54, 1.807) is 6.07 Å². The van der Waals surface area contributed by atoms with Crippen molar-refractivity contribution in [2.45, 2.75) is 30.7 Å². The van der Waals surface area contributed by atoms with E-state index in [0.29, 0.717) is 15.5 Å². The lowest BCUT2D eigenvalue weighted by Crippen LogP contribution is -2.28. The summed E-state index contributed by atoms with van der Waals surface area (Å²) in [6.07, 6.45) is 1.73. The van der Waals surface area contributed by atoms with Crippen LogP contribution in [0.5, 0.6) is 0 Å². The fraction of sp³-hybridized carbons (Fsp3) is 0.263. The zero-order chi connectivity index (χ0) is 18.0. The molecular formula is C19H17ClFNO2S. The van der Waals surface area contributed by atoms with Gasteiger partial charge < -0.3 is 5.32 Å². The van der Waals surface area contributed by atoms with Gasteiger partial charge in [0.1, 0.15) is 5.82 Å². The lowest BCUT2D eigenvalue weighted by molar-refractivity contribution is -0.119. The molecule has 1 aliphatic carbocycles. The maximum absolute atomic E-state index is 14.0. The monoisotopic (exact) mass is 377 g/mol. The zero-order valence-electron chi connectivity index (χ0n) is 13.6. The van der Waals surface area contributed by atoms with Crippen LogP contribution in [0.4, 0.5) is 4.39 Å². The topological polar surface area (TPSA) is 46.2 Å².